The molecule has 3 unspecified atom stereocenters. The second-order valence-corrected chi connectivity index (χ2v) is 5.53. The van der Waals surface area contributed by atoms with E-state index in [4.69, 9.17) is 4.74 Å². The molecule has 0 aromatic heterocycles. The molecule has 1 heterocycles. The van der Waals surface area contributed by atoms with Gasteiger partial charge in [-0.15, -0.1) is 0 Å². The van der Waals surface area contributed by atoms with E-state index in [1.165, 1.54) is 32.1 Å². The molecule has 0 bridgehead atoms. The van der Waals surface area contributed by atoms with Crippen LogP contribution >= 0.6 is 0 Å². The lowest BCUT2D eigenvalue weighted by molar-refractivity contribution is -0.0700. The topological polar surface area (TPSA) is 24.5 Å². The third-order valence-corrected chi connectivity index (χ3v) is 4.26. The molecule has 1 saturated heterocycles. The Morgan fingerprint density at radius 2 is 2.24 bits per heavy atom. The van der Waals surface area contributed by atoms with Crippen LogP contribution in [0.15, 0.2) is 0 Å². The molecule has 17 heavy (non-hydrogen) atoms. The van der Waals surface area contributed by atoms with Crippen LogP contribution in [0.2, 0.25) is 0 Å². The van der Waals surface area contributed by atoms with Crippen molar-refractivity contribution in [2.45, 2.75) is 64.1 Å². The normalized spacial score (nSPS) is 31.4. The minimum atomic E-state index is 0.537. The first-order valence-electron chi connectivity index (χ1n) is 7.41. The van der Waals surface area contributed by atoms with Gasteiger partial charge >= 0.3 is 0 Å². The monoisotopic (exact) mass is 240 g/mol. The molecule has 3 atom stereocenters. The molecule has 1 aliphatic heterocycles. The number of ether oxygens (including phenoxy) is 1. The van der Waals surface area contributed by atoms with Crippen molar-refractivity contribution in [1.29, 1.82) is 0 Å². The lowest BCUT2D eigenvalue weighted by atomic mass is 10.1. The van der Waals surface area contributed by atoms with Crippen LogP contribution < -0.4 is 5.32 Å². The summed E-state index contributed by atoms with van der Waals surface area (Å²) in [5, 5.41) is 3.51. The Morgan fingerprint density at radius 3 is 3.06 bits per heavy atom. The Morgan fingerprint density at radius 1 is 1.35 bits per heavy atom. The minimum absolute atomic E-state index is 0.537. The van der Waals surface area contributed by atoms with Crippen molar-refractivity contribution in [3.63, 3.8) is 0 Å². The number of morpholine rings is 1. The number of hydrogen-bond donors (Lipinski definition) is 1. The molecule has 1 N–H and O–H groups in total. The van der Waals surface area contributed by atoms with Gasteiger partial charge in [0.2, 0.25) is 0 Å². The molecule has 2 fully saturated rings. The predicted octanol–water partition coefficient (Wildman–Crippen LogP) is 2.02. The quantitative estimate of drug-likeness (QED) is 0.719. The molecule has 2 rings (SSSR count). The highest BCUT2D eigenvalue weighted by molar-refractivity contribution is 4.91. The Balaban J connectivity index is 1.75. The largest absolute Gasteiger partial charge is 0.375 e. The van der Waals surface area contributed by atoms with Gasteiger partial charge < -0.3 is 10.1 Å². The van der Waals surface area contributed by atoms with E-state index in [2.05, 4.69) is 24.1 Å². The maximum absolute atomic E-state index is 5.87. The van der Waals surface area contributed by atoms with E-state index in [0.717, 1.165) is 26.2 Å². The van der Waals surface area contributed by atoms with Gasteiger partial charge in [-0.2, -0.15) is 0 Å². The fourth-order valence-electron chi connectivity index (χ4n) is 3.28. The molecular formula is C14H28N2O. The summed E-state index contributed by atoms with van der Waals surface area (Å²) in [5.74, 6) is 0. The molecule has 3 nitrogen and oxygen atoms in total. The standard InChI is InChI=1S/C14H28N2O/c1-3-8-15-9-7-12(2)16-10-11-17-14-6-4-5-13(14)16/h12-15H,3-11H2,1-2H3. The first kappa shape index (κ1) is 13.3. The zero-order valence-corrected chi connectivity index (χ0v) is 11.5. The molecule has 0 radical (unpaired) electrons. The van der Waals surface area contributed by atoms with Crippen LogP contribution in [0, 0.1) is 0 Å². The highest BCUT2D eigenvalue weighted by atomic mass is 16.5. The van der Waals surface area contributed by atoms with Crippen LogP contribution in [0.25, 0.3) is 0 Å². The third kappa shape index (κ3) is 3.43. The van der Waals surface area contributed by atoms with Crippen LogP contribution in [0.4, 0.5) is 0 Å². The van der Waals surface area contributed by atoms with Gasteiger partial charge in [-0.25, -0.2) is 0 Å². The van der Waals surface area contributed by atoms with Gasteiger partial charge in [-0.1, -0.05) is 6.92 Å². The summed E-state index contributed by atoms with van der Waals surface area (Å²) in [4.78, 5) is 2.70. The van der Waals surface area contributed by atoms with E-state index in [0.29, 0.717) is 18.2 Å². The lowest BCUT2D eigenvalue weighted by Gasteiger charge is -2.41. The van der Waals surface area contributed by atoms with Crippen LogP contribution in [0.1, 0.15) is 46.0 Å². The van der Waals surface area contributed by atoms with E-state index >= 15 is 0 Å². The fourth-order valence-corrected chi connectivity index (χ4v) is 3.28. The van der Waals surface area contributed by atoms with Gasteiger partial charge in [-0.05, 0) is 52.1 Å². The molecule has 0 aromatic rings. The van der Waals surface area contributed by atoms with Crippen molar-refractivity contribution in [2.24, 2.45) is 0 Å². The van der Waals surface area contributed by atoms with Gasteiger partial charge in [0.25, 0.3) is 0 Å². The van der Waals surface area contributed by atoms with Gasteiger partial charge in [-0.3, -0.25) is 4.90 Å². The predicted molar refractivity (Wildman–Crippen MR) is 71.3 cm³/mol. The van der Waals surface area contributed by atoms with Crippen LogP contribution in [-0.4, -0.2) is 49.3 Å². The average Bonchev–Trinajstić information content (AvgIpc) is 2.82. The Labute approximate surface area is 106 Å². The van der Waals surface area contributed by atoms with E-state index in [9.17, 15) is 0 Å². The minimum Gasteiger partial charge on any atom is -0.375 e. The van der Waals surface area contributed by atoms with Gasteiger partial charge in [0, 0.05) is 18.6 Å². The maximum Gasteiger partial charge on any atom is 0.0731 e. The molecule has 1 saturated carbocycles. The smallest absolute Gasteiger partial charge is 0.0731 e. The van der Waals surface area contributed by atoms with Crippen molar-refractivity contribution in [1.82, 2.24) is 10.2 Å². The van der Waals surface area contributed by atoms with Gasteiger partial charge in [0.1, 0.15) is 0 Å². The van der Waals surface area contributed by atoms with Crippen LogP contribution in [0.3, 0.4) is 0 Å². The van der Waals surface area contributed by atoms with Crippen molar-refractivity contribution in [3.05, 3.63) is 0 Å². The molecule has 0 spiro atoms. The molecule has 1 aliphatic carbocycles. The Kier molecular flexibility index (Phi) is 5.26. The van der Waals surface area contributed by atoms with E-state index < -0.39 is 0 Å². The zero-order chi connectivity index (χ0) is 12.1. The van der Waals surface area contributed by atoms with Crippen molar-refractivity contribution >= 4 is 0 Å². The number of fused-ring (bicyclic) bond motifs is 1. The zero-order valence-electron chi connectivity index (χ0n) is 11.5. The molecule has 3 heteroatoms. The summed E-state index contributed by atoms with van der Waals surface area (Å²) in [6.07, 6.45) is 7.01. The summed E-state index contributed by atoms with van der Waals surface area (Å²) in [5.41, 5.74) is 0. The van der Waals surface area contributed by atoms with Crippen molar-refractivity contribution in [2.75, 3.05) is 26.2 Å². The average molecular weight is 240 g/mol. The second-order valence-electron chi connectivity index (χ2n) is 5.53. The SMILES string of the molecule is CCCNCCC(C)N1CCOC2CCCC21. The summed E-state index contributed by atoms with van der Waals surface area (Å²) in [6.45, 7) is 8.99. The summed E-state index contributed by atoms with van der Waals surface area (Å²) < 4.78 is 5.87. The molecule has 100 valence electrons. The first-order valence-corrected chi connectivity index (χ1v) is 7.41. The number of hydrogen-bond acceptors (Lipinski definition) is 3. The number of rotatable bonds is 6. The summed E-state index contributed by atoms with van der Waals surface area (Å²) in [6, 6.07) is 1.42. The molecule has 2 aliphatic rings. The third-order valence-electron chi connectivity index (χ3n) is 4.26. The number of nitrogens with one attached hydrogen (secondary N) is 1. The van der Waals surface area contributed by atoms with E-state index in [-0.39, 0.29) is 0 Å². The summed E-state index contributed by atoms with van der Waals surface area (Å²) in [7, 11) is 0. The molecule has 0 amide bonds. The molecule has 0 aromatic carbocycles. The Hall–Kier alpha value is -0.120. The summed E-state index contributed by atoms with van der Waals surface area (Å²) >= 11 is 0. The highest BCUT2D eigenvalue weighted by Crippen LogP contribution is 2.31. The second kappa shape index (κ2) is 6.72. The maximum atomic E-state index is 5.87. The van der Waals surface area contributed by atoms with Crippen LogP contribution in [-0.2, 0) is 4.74 Å². The number of nitrogens with zero attached hydrogens (tertiary/aromatic N) is 1. The van der Waals surface area contributed by atoms with Gasteiger partial charge in [0.15, 0.2) is 0 Å². The van der Waals surface area contributed by atoms with Crippen molar-refractivity contribution < 1.29 is 4.74 Å². The highest BCUT2D eigenvalue weighted by Gasteiger charge is 2.37. The van der Waals surface area contributed by atoms with Crippen molar-refractivity contribution in [3.8, 4) is 0 Å². The first-order chi connectivity index (χ1) is 8.33. The fraction of sp³-hybridized carbons (Fsp3) is 1.00. The molecular weight excluding hydrogens is 212 g/mol. The van der Waals surface area contributed by atoms with Crippen LogP contribution in [0.5, 0.6) is 0 Å². The van der Waals surface area contributed by atoms with Gasteiger partial charge in [0.05, 0.1) is 12.7 Å². The van der Waals surface area contributed by atoms with E-state index in [1.807, 2.05) is 0 Å². The Bertz CT molecular complexity index is 222. The van der Waals surface area contributed by atoms with E-state index in [1.54, 1.807) is 0 Å². The lowest BCUT2D eigenvalue weighted by Crippen LogP contribution is -2.52.